The van der Waals surface area contributed by atoms with Crippen LogP contribution in [0.5, 0.6) is 11.5 Å². The van der Waals surface area contributed by atoms with Crippen molar-refractivity contribution in [2.45, 2.75) is 6.42 Å². The van der Waals surface area contributed by atoms with E-state index >= 15 is 0 Å². The van der Waals surface area contributed by atoms with E-state index in [-0.39, 0.29) is 19.2 Å². The summed E-state index contributed by atoms with van der Waals surface area (Å²) in [6.45, 7) is 1.02. The van der Waals surface area contributed by atoms with E-state index in [1.807, 2.05) is 25.1 Å². The average Bonchev–Trinajstić information content (AvgIpc) is 3.48. The number of ether oxygens (including phenoxy) is 2. The lowest BCUT2D eigenvalue weighted by molar-refractivity contribution is -0.119. The number of aromatic nitrogens is 1. The van der Waals surface area contributed by atoms with Crippen molar-refractivity contribution in [1.29, 1.82) is 0 Å². The highest BCUT2D eigenvalue weighted by Gasteiger charge is 2.37. The molecule has 0 unspecified atom stereocenters. The summed E-state index contributed by atoms with van der Waals surface area (Å²) in [7, 11) is 3.92. The van der Waals surface area contributed by atoms with Crippen molar-refractivity contribution in [3.8, 4) is 11.5 Å². The SMILES string of the molecule is CN(C)CCCN(C(=O)CN1C(=O)c2ccccc2C1=O)c1nc2cc3c(cc2s1)OCO3. The number of hydrogen-bond donors (Lipinski definition) is 0. The maximum absolute atomic E-state index is 13.4. The Bertz CT molecular complexity index is 1190. The molecule has 9 nitrogen and oxygen atoms in total. The van der Waals surface area contributed by atoms with Crippen LogP contribution in [0.15, 0.2) is 36.4 Å². The Balaban J connectivity index is 1.42. The summed E-state index contributed by atoms with van der Waals surface area (Å²) >= 11 is 1.36. The van der Waals surface area contributed by atoms with Crippen LogP contribution in [0.4, 0.5) is 5.13 Å². The molecule has 0 aliphatic carbocycles. The molecule has 0 N–H and O–H groups in total. The van der Waals surface area contributed by atoms with E-state index in [0.717, 1.165) is 16.1 Å². The van der Waals surface area contributed by atoms with E-state index in [1.165, 1.54) is 11.3 Å². The lowest BCUT2D eigenvalue weighted by Crippen LogP contribution is -2.43. The summed E-state index contributed by atoms with van der Waals surface area (Å²) in [5, 5.41) is 0.508. The molecule has 0 saturated carbocycles. The second-order valence-corrected chi connectivity index (χ2v) is 9.12. The van der Waals surface area contributed by atoms with E-state index in [4.69, 9.17) is 9.47 Å². The van der Waals surface area contributed by atoms with Crippen LogP contribution in [-0.4, -0.2) is 73.0 Å². The number of amides is 3. The minimum absolute atomic E-state index is 0.175. The lowest BCUT2D eigenvalue weighted by atomic mass is 10.1. The third-order valence-corrected chi connectivity index (χ3v) is 6.60. The summed E-state index contributed by atoms with van der Waals surface area (Å²) in [5.74, 6) is 0.00635. The largest absolute Gasteiger partial charge is 0.454 e. The van der Waals surface area contributed by atoms with Crippen molar-refractivity contribution in [1.82, 2.24) is 14.8 Å². The zero-order valence-corrected chi connectivity index (χ0v) is 19.1. The summed E-state index contributed by atoms with van der Waals surface area (Å²) in [5.41, 5.74) is 1.35. The molecule has 2 aliphatic heterocycles. The quantitative estimate of drug-likeness (QED) is 0.494. The lowest BCUT2D eigenvalue weighted by Gasteiger charge is -2.23. The first-order valence-corrected chi connectivity index (χ1v) is 11.3. The molecule has 0 radical (unpaired) electrons. The number of fused-ring (bicyclic) bond motifs is 3. The number of hydrogen-bond acceptors (Lipinski definition) is 8. The van der Waals surface area contributed by atoms with Crippen LogP contribution in [0.3, 0.4) is 0 Å². The Hall–Kier alpha value is -3.50. The second-order valence-electron chi connectivity index (χ2n) is 8.11. The van der Waals surface area contributed by atoms with Crippen molar-refractivity contribution < 1.29 is 23.9 Å². The third kappa shape index (κ3) is 3.91. The minimum Gasteiger partial charge on any atom is -0.454 e. The molecule has 10 heteroatoms. The van der Waals surface area contributed by atoms with Gasteiger partial charge in [-0.1, -0.05) is 23.5 Å². The van der Waals surface area contributed by atoms with Gasteiger partial charge in [0.15, 0.2) is 16.6 Å². The van der Waals surface area contributed by atoms with Gasteiger partial charge >= 0.3 is 0 Å². The summed E-state index contributed by atoms with van der Waals surface area (Å²) in [4.78, 5) is 48.1. The number of carbonyl (C=O) groups is 3. The second kappa shape index (κ2) is 8.45. The Morgan fingerprint density at radius 3 is 2.39 bits per heavy atom. The van der Waals surface area contributed by atoms with Gasteiger partial charge in [-0.05, 0) is 39.2 Å². The zero-order valence-electron chi connectivity index (χ0n) is 18.2. The Morgan fingerprint density at radius 2 is 1.73 bits per heavy atom. The number of nitrogens with zero attached hydrogens (tertiary/aromatic N) is 4. The fraction of sp³-hybridized carbons (Fsp3) is 0.304. The van der Waals surface area contributed by atoms with E-state index in [1.54, 1.807) is 35.2 Å². The van der Waals surface area contributed by atoms with Crippen molar-refractivity contribution >= 4 is 44.4 Å². The summed E-state index contributed by atoms with van der Waals surface area (Å²) in [6.07, 6.45) is 0.708. The maximum Gasteiger partial charge on any atom is 0.262 e. The monoisotopic (exact) mass is 466 g/mol. The van der Waals surface area contributed by atoms with Gasteiger partial charge in [-0.2, -0.15) is 0 Å². The van der Waals surface area contributed by atoms with Crippen LogP contribution >= 0.6 is 11.3 Å². The molecule has 2 aromatic carbocycles. The van der Waals surface area contributed by atoms with E-state index in [0.29, 0.717) is 46.2 Å². The highest BCUT2D eigenvalue weighted by molar-refractivity contribution is 7.22. The molecule has 3 heterocycles. The molecule has 2 aliphatic rings. The molecule has 170 valence electrons. The van der Waals surface area contributed by atoms with E-state index < -0.39 is 11.8 Å². The molecule has 0 bridgehead atoms. The fourth-order valence-corrected chi connectivity index (χ4v) is 4.92. The van der Waals surface area contributed by atoms with Crippen molar-refractivity contribution in [3.05, 3.63) is 47.5 Å². The first-order chi connectivity index (χ1) is 15.9. The van der Waals surface area contributed by atoms with Gasteiger partial charge in [0.05, 0.1) is 21.3 Å². The normalized spacial score (nSPS) is 14.5. The van der Waals surface area contributed by atoms with Gasteiger partial charge in [-0.15, -0.1) is 0 Å². The van der Waals surface area contributed by atoms with Gasteiger partial charge in [0, 0.05) is 18.7 Å². The van der Waals surface area contributed by atoms with Gasteiger partial charge in [0.1, 0.15) is 6.54 Å². The molecule has 3 amide bonds. The first-order valence-electron chi connectivity index (χ1n) is 10.5. The fourth-order valence-electron chi connectivity index (χ4n) is 3.90. The molecule has 3 aromatic rings. The van der Waals surface area contributed by atoms with Crippen LogP contribution in [-0.2, 0) is 4.79 Å². The Labute approximate surface area is 194 Å². The van der Waals surface area contributed by atoms with Crippen molar-refractivity contribution in [3.63, 3.8) is 0 Å². The van der Waals surface area contributed by atoms with E-state index in [9.17, 15) is 14.4 Å². The topological polar surface area (TPSA) is 92.3 Å². The zero-order chi connectivity index (χ0) is 23.1. The van der Waals surface area contributed by atoms with E-state index in [2.05, 4.69) is 4.98 Å². The standard InChI is InChI=1S/C23H22N4O5S/c1-25(2)8-5-9-26(23-24-16-10-17-18(32-13-31-17)11-19(16)33-23)20(28)12-27-21(29)14-6-3-4-7-15(14)22(27)30/h3-4,6-7,10-11H,5,8-9,12-13H2,1-2H3. The highest BCUT2D eigenvalue weighted by atomic mass is 32.1. The van der Waals surface area contributed by atoms with Crippen LogP contribution in [0.1, 0.15) is 27.1 Å². The van der Waals surface area contributed by atoms with Gasteiger partial charge in [-0.25, -0.2) is 4.98 Å². The number of carbonyl (C=O) groups excluding carboxylic acids is 3. The summed E-state index contributed by atoms with van der Waals surface area (Å²) in [6, 6.07) is 10.3. The number of rotatable bonds is 7. The number of benzene rings is 2. The number of imide groups is 1. The average molecular weight is 467 g/mol. The number of anilines is 1. The molecule has 0 atom stereocenters. The third-order valence-electron chi connectivity index (χ3n) is 5.56. The summed E-state index contributed by atoms with van der Waals surface area (Å²) < 4.78 is 11.7. The van der Waals surface area contributed by atoms with Crippen LogP contribution < -0.4 is 14.4 Å². The number of thiazole rings is 1. The smallest absolute Gasteiger partial charge is 0.262 e. The molecule has 5 rings (SSSR count). The van der Waals surface area contributed by atoms with Gasteiger partial charge in [0.25, 0.3) is 11.8 Å². The van der Waals surface area contributed by atoms with Crippen molar-refractivity contribution in [2.75, 3.05) is 45.4 Å². The van der Waals surface area contributed by atoms with Gasteiger partial charge in [-0.3, -0.25) is 24.2 Å². The van der Waals surface area contributed by atoms with Gasteiger partial charge < -0.3 is 14.4 Å². The molecule has 1 aromatic heterocycles. The minimum atomic E-state index is -0.452. The Kier molecular flexibility index (Phi) is 5.47. The van der Waals surface area contributed by atoms with Gasteiger partial charge in [0.2, 0.25) is 12.7 Å². The van der Waals surface area contributed by atoms with Crippen LogP contribution in [0.25, 0.3) is 10.2 Å². The molecular formula is C23H22N4O5S. The molecule has 0 fully saturated rings. The molecule has 0 saturated heterocycles. The van der Waals surface area contributed by atoms with Crippen LogP contribution in [0, 0.1) is 0 Å². The predicted octanol–water partition coefficient (Wildman–Crippen LogP) is 2.61. The molecule has 0 spiro atoms. The maximum atomic E-state index is 13.4. The Morgan fingerprint density at radius 1 is 1.06 bits per heavy atom. The highest BCUT2D eigenvalue weighted by Crippen LogP contribution is 2.40. The van der Waals surface area contributed by atoms with Crippen molar-refractivity contribution in [2.24, 2.45) is 0 Å². The predicted molar refractivity (Wildman–Crippen MR) is 123 cm³/mol. The molecular weight excluding hydrogens is 444 g/mol. The van der Waals surface area contributed by atoms with Crippen LogP contribution in [0.2, 0.25) is 0 Å². The molecule has 33 heavy (non-hydrogen) atoms. The first kappa shape index (κ1) is 21.4.